The maximum absolute atomic E-state index is 5.90. The highest BCUT2D eigenvalue weighted by molar-refractivity contribution is 9.10. The number of anilines is 2. The Morgan fingerprint density at radius 2 is 2.00 bits per heavy atom. The molecular formula is C15H23BrN2. The highest BCUT2D eigenvalue weighted by Gasteiger charge is 2.31. The molecule has 18 heavy (non-hydrogen) atoms. The van der Waals surface area contributed by atoms with E-state index in [0.29, 0.717) is 5.41 Å². The van der Waals surface area contributed by atoms with Gasteiger partial charge in [-0.25, -0.2) is 0 Å². The average Bonchev–Trinajstić information content (AvgIpc) is 2.82. The Kier molecular flexibility index (Phi) is 4.21. The Morgan fingerprint density at radius 3 is 2.61 bits per heavy atom. The smallest absolute Gasteiger partial charge is 0.0489 e. The number of hydrogen-bond acceptors (Lipinski definition) is 2. The number of nitrogens with one attached hydrogen (secondary N) is 1. The molecule has 0 aliphatic heterocycles. The summed E-state index contributed by atoms with van der Waals surface area (Å²) < 4.78 is 1.06. The molecule has 1 aromatic carbocycles. The van der Waals surface area contributed by atoms with Crippen LogP contribution in [0, 0.1) is 12.3 Å². The van der Waals surface area contributed by atoms with Crippen molar-refractivity contribution in [2.45, 2.75) is 46.0 Å². The molecule has 0 radical (unpaired) electrons. The van der Waals surface area contributed by atoms with E-state index in [1.54, 1.807) is 0 Å². The van der Waals surface area contributed by atoms with Crippen molar-refractivity contribution in [3.63, 3.8) is 0 Å². The van der Waals surface area contributed by atoms with Crippen LogP contribution < -0.4 is 11.1 Å². The molecule has 0 atom stereocenters. The molecule has 0 bridgehead atoms. The van der Waals surface area contributed by atoms with Crippen LogP contribution in [0.1, 0.15) is 44.6 Å². The normalized spacial score (nSPS) is 17.9. The molecule has 1 aliphatic carbocycles. The fourth-order valence-electron chi connectivity index (χ4n) is 2.90. The fourth-order valence-corrected chi connectivity index (χ4v) is 3.40. The third-order valence-electron chi connectivity index (χ3n) is 4.42. The highest BCUT2D eigenvalue weighted by atomic mass is 79.9. The van der Waals surface area contributed by atoms with Crippen molar-refractivity contribution in [2.24, 2.45) is 5.41 Å². The molecule has 0 saturated heterocycles. The summed E-state index contributed by atoms with van der Waals surface area (Å²) >= 11 is 3.59. The van der Waals surface area contributed by atoms with Crippen molar-refractivity contribution < 1.29 is 0 Å². The lowest BCUT2D eigenvalue weighted by Crippen LogP contribution is -2.26. The van der Waals surface area contributed by atoms with Gasteiger partial charge in [0.25, 0.3) is 0 Å². The van der Waals surface area contributed by atoms with Gasteiger partial charge in [0.05, 0.1) is 0 Å². The zero-order valence-electron chi connectivity index (χ0n) is 11.4. The molecule has 0 heterocycles. The first kappa shape index (κ1) is 13.7. The summed E-state index contributed by atoms with van der Waals surface area (Å²) in [6.45, 7) is 5.44. The van der Waals surface area contributed by atoms with Gasteiger partial charge in [0, 0.05) is 22.4 Å². The molecule has 0 aromatic heterocycles. The summed E-state index contributed by atoms with van der Waals surface area (Å²) in [5, 5.41) is 3.61. The van der Waals surface area contributed by atoms with Crippen LogP contribution in [-0.4, -0.2) is 6.54 Å². The zero-order chi connectivity index (χ0) is 13.2. The van der Waals surface area contributed by atoms with Crippen molar-refractivity contribution in [1.82, 2.24) is 0 Å². The second-order valence-corrected chi connectivity index (χ2v) is 6.46. The van der Waals surface area contributed by atoms with E-state index in [-0.39, 0.29) is 0 Å². The first-order chi connectivity index (χ1) is 8.56. The Hall–Kier alpha value is -0.700. The third-order valence-corrected chi connectivity index (χ3v) is 5.08. The number of benzene rings is 1. The number of nitrogens with two attached hydrogens (primary N) is 1. The van der Waals surface area contributed by atoms with Gasteiger partial charge in [-0.15, -0.1) is 0 Å². The molecule has 0 unspecified atom stereocenters. The molecule has 2 nitrogen and oxygen atoms in total. The minimum absolute atomic E-state index is 0.509. The van der Waals surface area contributed by atoms with Gasteiger partial charge in [0.1, 0.15) is 0 Å². The quantitative estimate of drug-likeness (QED) is 0.789. The Morgan fingerprint density at radius 1 is 1.33 bits per heavy atom. The molecular weight excluding hydrogens is 288 g/mol. The topological polar surface area (TPSA) is 38.0 Å². The van der Waals surface area contributed by atoms with Crippen LogP contribution in [0.3, 0.4) is 0 Å². The monoisotopic (exact) mass is 310 g/mol. The number of aryl methyl sites for hydroxylation is 1. The molecule has 2 rings (SSSR count). The first-order valence-electron chi connectivity index (χ1n) is 6.86. The summed E-state index contributed by atoms with van der Waals surface area (Å²) in [7, 11) is 0. The van der Waals surface area contributed by atoms with Crippen LogP contribution in [0.2, 0.25) is 0 Å². The number of hydrogen-bond donors (Lipinski definition) is 2. The van der Waals surface area contributed by atoms with Crippen LogP contribution in [0.15, 0.2) is 16.6 Å². The minimum Gasteiger partial charge on any atom is -0.398 e. The van der Waals surface area contributed by atoms with E-state index < -0.39 is 0 Å². The number of nitrogen functional groups attached to an aromatic ring is 1. The minimum atomic E-state index is 0.509. The molecule has 0 spiro atoms. The van der Waals surface area contributed by atoms with Crippen LogP contribution in [0.5, 0.6) is 0 Å². The van der Waals surface area contributed by atoms with E-state index in [2.05, 4.69) is 41.2 Å². The van der Waals surface area contributed by atoms with E-state index in [1.165, 1.54) is 37.8 Å². The summed E-state index contributed by atoms with van der Waals surface area (Å²) in [4.78, 5) is 0. The Bertz CT molecular complexity index is 423. The van der Waals surface area contributed by atoms with Crippen molar-refractivity contribution in [3.05, 3.63) is 22.2 Å². The summed E-state index contributed by atoms with van der Waals surface area (Å²) in [5.74, 6) is 0. The average molecular weight is 311 g/mol. The molecule has 3 N–H and O–H groups in total. The van der Waals surface area contributed by atoms with Crippen LogP contribution in [0.25, 0.3) is 0 Å². The van der Waals surface area contributed by atoms with Gasteiger partial charge in [-0.3, -0.25) is 0 Å². The molecule has 0 amide bonds. The maximum Gasteiger partial charge on any atom is 0.0489 e. The Balaban J connectivity index is 2.08. The van der Waals surface area contributed by atoms with Crippen LogP contribution in [0.4, 0.5) is 11.4 Å². The lowest BCUT2D eigenvalue weighted by atomic mass is 9.83. The SMILES string of the molecule is CCC1(CNc2cc(C)c(N)cc2Br)CCCC1. The van der Waals surface area contributed by atoms with E-state index in [0.717, 1.165) is 22.3 Å². The van der Waals surface area contributed by atoms with E-state index in [4.69, 9.17) is 5.73 Å². The fraction of sp³-hybridized carbons (Fsp3) is 0.600. The molecule has 1 saturated carbocycles. The first-order valence-corrected chi connectivity index (χ1v) is 7.65. The van der Waals surface area contributed by atoms with Gasteiger partial charge in [0.15, 0.2) is 0 Å². The van der Waals surface area contributed by atoms with Gasteiger partial charge < -0.3 is 11.1 Å². The zero-order valence-corrected chi connectivity index (χ0v) is 12.9. The van der Waals surface area contributed by atoms with Crippen LogP contribution in [-0.2, 0) is 0 Å². The van der Waals surface area contributed by atoms with Gasteiger partial charge in [-0.1, -0.05) is 19.8 Å². The lowest BCUT2D eigenvalue weighted by molar-refractivity contribution is 0.307. The molecule has 1 aromatic rings. The second kappa shape index (κ2) is 5.52. The van der Waals surface area contributed by atoms with Gasteiger partial charge >= 0.3 is 0 Å². The number of halogens is 1. The van der Waals surface area contributed by atoms with Gasteiger partial charge in [-0.2, -0.15) is 0 Å². The standard InChI is InChI=1S/C15H23BrN2/c1-3-15(6-4-5-7-15)10-18-14-8-11(2)13(17)9-12(14)16/h8-9,18H,3-7,10,17H2,1-2H3. The molecule has 100 valence electrons. The third kappa shape index (κ3) is 2.82. The second-order valence-electron chi connectivity index (χ2n) is 5.60. The number of rotatable bonds is 4. The van der Waals surface area contributed by atoms with Crippen molar-refractivity contribution in [1.29, 1.82) is 0 Å². The summed E-state index contributed by atoms with van der Waals surface area (Å²) in [6, 6.07) is 4.13. The summed E-state index contributed by atoms with van der Waals surface area (Å²) in [5.41, 5.74) is 9.56. The highest BCUT2D eigenvalue weighted by Crippen LogP contribution is 2.41. The molecule has 1 fully saturated rings. The maximum atomic E-state index is 5.90. The van der Waals surface area contributed by atoms with E-state index >= 15 is 0 Å². The van der Waals surface area contributed by atoms with Crippen molar-refractivity contribution >= 4 is 27.3 Å². The van der Waals surface area contributed by atoms with Crippen molar-refractivity contribution in [2.75, 3.05) is 17.6 Å². The van der Waals surface area contributed by atoms with Gasteiger partial charge in [-0.05, 0) is 65.2 Å². The predicted octanol–water partition coefficient (Wildman–Crippen LogP) is 4.72. The van der Waals surface area contributed by atoms with Gasteiger partial charge in [0.2, 0.25) is 0 Å². The van der Waals surface area contributed by atoms with E-state index in [1.807, 2.05) is 6.07 Å². The molecule has 3 heteroatoms. The predicted molar refractivity (Wildman–Crippen MR) is 83.0 cm³/mol. The van der Waals surface area contributed by atoms with Crippen LogP contribution >= 0.6 is 15.9 Å². The van der Waals surface area contributed by atoms with Crippen molar-refractivity contribution in [3.8, 4) is 0 Å². The molecule has 1 aliphatic rings. The Labute approximate surface area is 118 Å². The lowest BCUT2D eigenvalue weighted by Gasteiger charge is -2.28. The van der Waals surface area contributed by atoms with E-state index in [9.17, 15) is 0 Å². The largest absolute Gasteiger partial charge is 0.398 e. The summed E-state index contributed by atoms with van der Waals surface area (Å²) in [6.07, 6.45) is 6.77.